The molecular formula is C21H40O2. The minimum Gasteiger partial charge on any atom is -0.303 e. The minimum absolute atomic E-state index is 0.336. The van der Waals surface area contributed by atoms with Gasteiger partial charge in [0.1, 0.15) is 12.1 Å². The predicted molar refractivity (Wildman–Crippen MR) is 99.9 cm³/mol. The normalized spacial score (nSPS) is 10.8. The Morgan fingerprint density at radius 1 is 0.565 bits per heavy atom. The van der Waals surface area contributed by atoms with Crippen LogP contribution >= 0.6 is 0 Å². The molecule has 0 aromatic carbocycles. The van der Waals surface area contributed by atoms with Gasteiger partial charge in [0, 0.05) is 12.8 Å². The second-order valence-electron chi connectivity index (χ2n) is 7.06. The largest absolute Gasteiger partial charge is 0.303 e. The summed E-state index contributed by atoms with van der Waals surface area (Å²) < 4.78 is 0. The van der Waals surface area contributed by atoms with E-state index < -0.39 is 0 Å². The van der Waals surface area contributed by atoms with Gasteiger partial charge in [-0.15, -0.1) is 0 Å². The van der Waals surface area contributed by atoms with Crippen LogP contribution in [0.4, 0.5) is 0 Å². The zero-order chi connectivity index (χ0) is 17.0. The lowest BCUT2D eigenvalue weighted by Gasteiger charge is -2.03. The lowest BCUT2D eigenvalue weighted by Crippen LogP contribution is -1.89. The van der Waals surface area contributed by atoms with E-state index in [-0.39, 0.29) is 0 Å². The number of hydrogen-bond donors (Lipinski definition) is 0. The number of aldehydes is 1. The van der Waals surface area contributed by atoms with E-state index >= 15 is 0 Å². The highest BCUT2D eigenvalue weighted by Gasteiger charge is 1.96. The number of carbonyl (C=O) groups excluding carboxylic acids is 2. The Bertz CT molecular complexity index is 261. The molecule has 0 spiro atoms. The highest BCUT2D eigenvalue weighted by atomic mass is 16.1. The molecule has 0 saturated carbocycles. The first-order valence-corrected chi connectivity index (χ1v) is 10.2. The van der Waals surface area contributed by atoms with E-state index in [1.54, 1.807) is 6.92 Å². The molecule has 0 N–H and O–H groups in total. The Morgan fingerprint density at radius 2 is 0.870 bits per heavy atom. The van der Waals surface area contributed by atoms with Crippen molar-refractivity contribution in [2.24, 2.45) is 0 Å². The monoisotopic (exact) mass is 324 g/mol. The fraction of sp³-hybridized carbons (Fsp3) is 0.905. The summed E-state index contributed by atoms with van der Waals surface area (Å²) in [5.41, 5.74) is 0. The van der Waals surface area contributed by atoms with Crippen molar-refractivity contribution in [3.63, 3.8) is 0 Å². The standard InChI is InChI=1S/C21H40O2/c1-21(23)19-17-15-13-11-9-7-5-3-2-4-6-8-10-12-14-16-18-20-22/h20H,2-19H2,1H3. The van der Waals surface area contributed by atoms with E-state index in [2.05, 4.69) is 0 Å². The summed E-state index contributed by atoms with van der Waals surface area (Å²) >= 11 is 0. The molecule has 0 bridgehead atoms. The van der Waals surface area contributed by atoms with Gasteiger partial charge in [-0.3, -0.25) is 0 Å². The summed E-state index contributed by atoms with van der Waals surface area (Å²) in [6.07, 6.45) is 23.7. The Hall–Kier alpha value is -0.660. The highest BCUT2D eigenvalue weighted by molar-refractivity contribution is 5.75. The fourth-order valence-corrected chi connectivity index (χ4v) is 3.08. The third kappa shape index (κ3) is 21.3. The van der Waals surface area contributed by atoms with Gasteiger partial charge in [-0.25, -0.2) is 0 Å². The van der Waals surface area contributed by atoms with Crippen LogP contribution in [0.15, 0.2) is 0 Å². The van der Waals surface area contributed by atoms with Crippen LogP contribution in [0.2, 0.25) is 0 Å². The van der Waals surface area contributed by atoms with Gasteiger partial charge < -0.3 is 9.59 Å². The van der Waals surface area contributed by atoms with Crippen LogP contribution in [0, 0.1) is 0 Å². The van der Waals surface area contributed by atoms with Crippen LogP contribution < -0.4 is 0 Å². The van der Waals surface area contributed by atoms with Gasteiger partial charge in [-0.2, -0.15) is 0 Å². The van der Waals surface area contributed by atoms with Crippen molar-refractivity contribution in [1.29, 1.82) is 0 Å². The molecule has 2 nitrogen and oxygen atoms in total. The molecule has 0 aromatic rings. The Kier molecular flexibility index (Phi) is 18.8. The molecule has 0 aromatic heterocycles. The van der Waals surface area contributed by atoms with Gasteiger partial charge in [0.15, 0.2) is 0 Å². The molecule has 0 heterocycles. The molecule has 2 heteroatoms. The molecule has 0 unspecified atom stereocenters. The molecule has 0 rings (SSSR count). The number of rotatable bonds is 19. The molecule has 0 atom stereocenters. The first-order valence-electron chi connectivity index (χ1n) is 10.2. The van der Waals surface area contributed by atoms with Crippen LogP contribution in [0.3, 0.4) is 0 Å². The third-order valence-electron chi connectivity index (χ3n) is 4.60. The van der Waals surface area contributed by atoms with Crippen molar-refractivity contribution in [2.75, 3.05) is 0 Å². The quantitative estimate of drug-likeness (QED) is 0.193. The molecule has 0 fully saturated rings. The average molecular weight is 325 g/mol. The maximum Gasteiger partial charge on any atom is 0.129 e. The molecule has 0 aliphatic heterocycles. The van der Waals surface area contributed by atoms with Crippen molar-refractivity contribution in [3.05, 3.63) is 0 Å². The molecule has 0 amide bonds. The maximum absolute atomic E-state index is 10.8. The fourth-order valence-electron chi connectivity index (χ4n) is 3.08. The molecule has 0 radical (unpaired) electrons. The van der Waals surface area contributed by atoms with Crippen LogP contribution in [0.5, 0.6) is 0 Å². The third-order valence-corrected chi connectivity index (χ3v) is 4.60. The second kappa shape index (κ2) is 19.4. The van der Waals surface area contributed by atoms with Crippen LogP contribution in [-0.4, -0.2) is 12.1 Å². The lowest BCUT2D eigenvalue weighted by molar-refractivity contribution is -0.117. The van der Waals surface area contributed by atoms with Crippen LogP contribution in [0.25, 0.3) is 0 Å². The van der Waals surface area contributed by atoms with Gasteiger partial charge in [0.05, 0.1) is 0 Å². The number of hydrogen-bond acceptors (Lipinski definition) is 2. The van der Waals surface area contributed by atoms with Gasteiger partial charge in [0.25, 0.3) is 0 Å². The van der Waals surface area contributed by atoms with Crippen molar-refractivity contribution >= 4 is 12.1 Å². The Balaban J connectivity index is 2.97. The maximum atomic E-state index is 10.8. The Labute approximate surface area is 144 Å². The molecule has 23 heavy (non-hydrogen) atoms. The van der Waals surface area contributed by atoms with Gasteiger partial charge in [-0.05, 0) is 19.8 Å². The van der Waals surface area contributed by atoms with E-state index in [1.165, 1.54) is 89.9 Å². The minimum atomic E-state index is 0.336. The van der Waals surface area contributed by atoms with Crippen molar-refractivity contribution in [1.82, 2.24) is 0 Å². The summed E-state index contributed by atoms with van der Waals surface area (Å²) in [4.78, 5) is 21.0. The van der Waals surface area contributed by atoms with E-state index in [0.29, 0.717) is 5.78 Å². The molecule has 0 aliphatic carbocycles. The van der Waals surface area contributed by atoms with Gasteiger partial charge >= 0.3 is 0 Å². The summed E-state index contributed by atoms with van der Waals surface area (Å²) in [5.74, 6) is 0.336. The molecular weight excluding hydrogens is 284 g/mol. The first kappa shape index (κ1) is 22.3. The SMILES string of the molecule is CC(=O)CCCCCCCCCCCCCCCCCCC=O. The molecule has 0 aliphatic rings. The molecule has 0 saturated heterocycles. The number of Topliss-reactive ketones (excluding diaryl/α,β-unsaturated/α-hetero) is 1. The van der Waals surface area contributed by atoms with Crippen LogP contribution in [-0.2, 0) is 9.59 Å². The van der Waals surface area contributed by atoms with E-state index in [9.17, 15) is 9.59 Å². The van der Waals surface area contributed by atoms with Gasteiger partial charge in [0.2, 0.25) is 0 Å². The number of carbonyl (C=O) groups is 2. The van der Waals surface area contributed by atoms with E-state index in [0.717, 1.165) is 32.0 Å². The topological polar surface area (TPSA) is 34.1 Å². The van der Waals surface area contributed by atoms with Crippen LogP contribution in [0.1, 0.15) is 122 Å². The zero-order valence-electron chi connectivity index (χ0n) is 15.6. The number of ketones is 1. The van der Waals surface area contributed by atoms with Crippen molar-refractivity contribution in [3.8, 4) is 0 Å². The Morgan fingerprint density at radius 3 is 1.17 bits per heavy atom. The summed E-state index contributed by atoms with van der Waals surface area (Å²) in [7, 11) is 0. The lowest BCUT2D eigenvalue weighted by atomic mass is 10.0. The van der Waals surface area contributed by atoms with E-state index in [1.807, 2.05) is 0 Å². The van der Waals surface area contributed by atoms with E-state index in [4.69, 9.17) is 0 Å². The van der Waals surface area contributed by atoms with Gasteiger partial charge in [-0.1, -0.05) is 89.9 Å². The second-order valence-corrected chi connectivity index (χ2v) is 7.06. The highest BCUT2D eigenvalue weighted by Crippen LogP contribution is 2.14. The number of unbranched alkanes of at least 4 members (excludes halogenated alkanes) is 16. The summed E-state index contributed by atoms with van der Waals surface area (Å²) in [6.45, 7) is 1.69. The predicted octanol–water partition coefficient (Wildman–Crippen LogP) is 6.80. The average Bonchev–Trinajstić information content (AvgIpc) is 2.53. The van der Waals surface area contributed by atoms with Crippen molar-refractivity contribution in [2.45, 2.75) is 122 Å². The van der Waals surface area contributed by atoms with Crippen molar-refractivity contribution < 1.29 is 9.59 Å². The summed E-state index contributed by atoms with van der Waals surface area (Å²) in [6, 6.07) is 0. The molecule has 136 valence electrons. The zero-order valence-corrected chi connectivity index (χ0v) is 15.6. The summed E-state index contributed by atoms with van der Waals surface area (Å²) in [5, 5.41) is 0. The smallest absolute Gasteiger partial charge is 0.129 e. The first-order chi connectivity index (χ1) is 11.3.